The van der Waals surface area contributed by atoms with E-state index in [4.69, 9.17) is 53.5 Å². The van der Waals surface area contributed by atoms with Crippen LogP contribution < -0.4 is 41.7 Å². The molecule has 111 heavy (non-hydrogen) atoms. The van der Waals surface area contributed by atoms with Crippen molar-refractivity contribution in [2.75, 3.05) is 74.9 Å². The van der Waals surface area contributed by atoms with Crippen molar-refractivity contribution in [1.82, 2.24) is 25.2 Å². The van der Waals surface area contributed by atoms with Crippen LogP contribution in [0.2, 0.25) is 0 Å². The number of ether oxygens (including phenoxy) is 6. The summed E-state index contributed by atoms with van der Waals surface area (Å²) in [6.07, 6.45) is 3.58. The number of Topliss-reactive ketones (excluding diaryl/α,β-unsaturated/α-hetero) is 1. The number of phosphoric acid groups is 3. The second kappa shape index (κ2) is 34.9. The molecular formula is C66H74N11O27P3S4. The molecule has 7 atom stereocenters. The number of anilines is 2. The van der Waals surface area contributed by atoms with E-state index in [1.165, 1.54) is 76.6 Å². The summed E-state index contributed by atoms with van der Waals surface area (Å²) in [6.45, 7) is 6.67. The molecule has 6 heterocycles. The van der Waals surface area contributed by atoms with Crippen molar-refractivity contribution >= 4 is 128 Å². The zero-order chi connectivity index (χ0) is 80.8. The third-order valence-corrected chi connectivity index (χ3v) is 23.7. The average Bonchev–Trinajstić information content (AvgIpc) is 1.04. The molecule has 1 fully saturated rings. The van der Waals surface area contributed by atoms with E-state index in [-0.39, 0.29) is 136 Å². The van der Waals surface area contributed by atoms with Crippen LogP contribution in [0.1, 0.15) is 119 Å². The number of rotatable bonds is 35. The van der Waals surface area contributed by atoms with Crippen molar-refractivity contribution in [2.24, 2.45) is 10.1 Å². The van der Waals surface area contributed by atoms with Crippen molar-refractivity contribution < 1.29 is 125 Å². The highest BCUT2D eigenvalue weighted by atomic mass is 33.1. The Labute approximate surface area is 640 Å². The van der Waals surface area contributed by atoms with Gasteiger partial charge in [-0.25, -0.2) is 28.5 Å². The Kier molecular flexibility index (Phi) is 26.7. The molecule has 0 saturated carbocycles. The maximum atomic E-state index is 14.2. The largest absolute Gasteiger partial charge is 0.491 e. The lowest BCUT2D eigenvalue weighted by atomic mass is 9.83. The molecule has 10 rings (SSSR count). The molecule has 45 heteroatoms. The van der Waals surface area contributed by atoms with Gasteiger partial charge in [-0.15, -0.1) is 0 Å². The number of hydrogen-bond acceptors (Lipinski definition) is 28. The van der Waals surface area contributed by atoms with Crippen LogP contribution in [0.4, 0.5) is 11.5 Å². The molecular weight excluding hydrogens is 1600 g/mol. The third kappa shape index (κ3) is 22.9. The van der Waals surface area contributed by atoms with Crippen LogP contribution in [-0.2, 0) is 70.8 Å². The van der Waals surface area contributed by atoms with Crippen LogP contribution in [0, 0.1) is 11.8 Å². The fourth-order valence-electron chi connectivity index (χ4n) is 12.4. The summed E-state index contributed by atoms with van der Waals surface area (Å²) in [5.41, 5.74) is 15.6. The van der Waals surface area contributed by atoms with Crippen LogP contribution in [0.25, 0.3) is 38.2 Å². The molecule has 4 unspecified atom stereocenters. The molecule has 1 saturated heterocycles. The highest BCUT2D eigenvalue weighted by Crippen LogP contribution is 2.66. The standard InChI is InChI=1S/C66H74N11O27P3S4/c1-36(109-108-6)100-54-26-58(102-55(54)30-99-106(86,87)104-107(88,89)103-105(83,84)85)77-29-39(59-61(67)71-35-72-62(59)77)11-8-16-69-56(79)31-96-18-19-97-57(75-76-68)32-98-42-12-7-10-38(20-42)63(80)70-17-9-13-51(78)37-14-15-43(64(81)82)46(21-37)60-47-22-44-40(33-110(90,91)92)27-65(2,3)73-49(44)24-52(47)101-53-25-50-45(23-48(53)60)41(34-111(93,94)95)28-66(4,5)74-50/h7,10,12,14-15,20-25,27-29,35-36,54-55,57-58,73H,9,13,16-19,26,30-34H2,1-6H3,(H,69,79)(H,70,80)(H,81,82)(H,86,87)(H,88,89)(H2,67,71,72)(H2,83,84,85)(H,90,91,92)(H,93,94,95)/t36-,54?,55-,57?,58-/m1/s1. The van der Waals surface area contributed by atoms with Crippen molar-refractivity contribution in [3.05, 3.63) is 157 Å². The molecule has 4 aliphatic heterocycles. The SMILES string of the molecule is CSS[C@H](C)OC1C[C@H](n2cc(C#CCNC(=O)COCCOC(COc3cccc(C(=O)NCCCC(=O)c4ccc(C(=O)O)c(C5=c6cc7c(cc6Oc6cc8c(cc65)C(CS(=O)(=O)O)=CC(C)(C)N8)=NC(C)(C)C=C7CS(=O)(=O)O)c4)c3)N=[N+]=[N-])c3c(N)ncnc32)O[C@@H]1COP(=O)(O)OP(=O)(O)OP(=O)(O)O. The number of ketones is 1. The van der Waals surface area contributed by atoms with Crippen molar-refractivity contribution in [3.8, 4) is 29.1 Å². The predicted octanol–water partition coefficient (Wildman–Crippen LogP) is 7.21. The van der Waals surface area contributed by atoms with Gasteiger partial charge in [-0.2, -0.15) is 25.5 Å². The van der Waals surface area contributed by atoms with E-state index in [1.54, 1.807) is 81.9 Å². The minimum atomic E-state index is -5.81. The second-order valence-corrected chi connectivity index (χ2v) is 36.2. The van der Waals surface area contributed by atoms with Gasteiger partial charge in [0, 0.05) is 86.9 Å². The number of azide groups is 1. The summed E-state index contributed by atoms with van der Waals surface area (Å²) in [7, 11) is -23.5. The Bertz CT molecular complexity index is 5410. The van der Waals surface area contributed by atoms with Gasteiger partial charge in [0.15, 0.2) is 12.0 Å². The molecule has 594 valence electrons. The number of aromatic nitrogens is 3. The van der Waals surface area contributed by atoms with Gasteiger partial charge in [-0.3, -0.25) is 33.0 Å². The summed E-state index contributed by atoms with van der Waals surface area (Å²) < 4.78 is 156. The normalized spacial score (nSPS) is 18.5. The van der Waals surface area contributed by atoms with Crippen LogP contribution in [-0.4, -0.2) is 188 Å². The van der Waals surface area contributed by atoms with Gasteiger partial charge in [0.25, 0.3) is 26.1 Å². The van der Waals surface area contributed by atoms with Crippen molar-refractivity contribution in [1.29, 1.82) is 0 Å². The van der Waals surface area contributed by atoms with Gasteiger partial charge in [0.05, 0.1) is 65.4 Å². The Morgan fingerprint density at radius 3 is 2.33 bits per heavy atom. The van der Waals surface area contributed by atoms with Gasteiger partial charge in [0.1, 0.15) is 77.5 Å². The van der Waals surface area contributed by atoms with Crippen LogP contribution >= 0.6 is 45.1 Å². The molecule has 0 aliphatic carbocycles. The van der Waals surface area contributed by atoms with Gasteiger partial charge in [-0.1, -0.05) is 62.8 Å². The van der Waals surface area contributed by atoms with E-state index in [0.717, 1.165) is 0 Å². The van der Waals surface area contributed by atoms with Gasteiger partial charge < -0.3 is 79.4 Å². The van der Waals surface area contributed by atoms with E-state index in [1.807, 2.05) is 0 Å². The molecule has 6 aromatic rings. The lowest BCUT2D eigenvalue weighted by Gasteiger charge is -2.34. The number of nitrogens with one attached hydrogen (secondary N) is 3. The second-order valence-electron chi connectivity index (χ2n) is 26.2. The highest BCUT2D eigenvalue weighted by molar-refractivity contribution is 8.76. The summed E-state index contributed by atoms with van der Waals surface area (Å²) in [5.74, 6) is 1.70. The fourth-order valence-corrected chi connectivity index (χ4v) is 18.1. The number of aromatic carboxylic acids is 1. The minimum absolute atomic E-state index is 0.00902. The molecule has 4 aliphatic rings. The Hall–Kier alpha value is -8.43. The maximum Gasteiger partial charge on any atom is 0.490 e. The average molecular weight is 1670 g/mol. The minimum Gasteiger partial charge on any atom is -0.491 e. The maximum absolute atomic E-state index is 14.2. The number of nitrogens with two attached hydrogens (primary N) is 1. The number of carbonyl (C=O) groups is 4. The summed E-state index contributed by atoms with van der Waals surface area (Å²) in [5, 5.41) is 23.9. The first-order valence-electron chi connectivity index (χ1n) is 33.1. The first kappa shape index (κ1) is 85.0. The fraction of sp³-hybridized carbons (Fsp3) is 0.379. The molecule has 12 N–H and O–H groups in total. The highest BCUT2D eigenvalue weighted by Gasteiger charge is 2.45. The number of nitrogen functional groups attached to an aromatic ring is 1. The van der Waals surface area contributed by atoms with E-state index < -0.39 is 133 Å². The smallest absolute Gasteiger partial charge is 0.490 e. The number of phosphoric ester groups is 1. The summed E-state index contributed by atoms with van der Waals surface area (Å²) in [6, 6.07) is 16.3. The van der Waals surface area contributed by atoms with Crippen molar-refractivity contribution in [2.45, 2.75) is 95.1 Å². The molecule has 0 radical (unpaired) electrons. The first-order valence-corrected chi connectivity index (χ1v) is 43.5. The summed E-state index contributed by atoms with van der Waals surface area (Å²) in [4.78, 5) is 107. The Morgan fingerprint density at radius 2 is 1.63 bits per heavy atom. The molecule has 2 aromatic heterocycles. The number of fused-ring (bicyclic) bond motifs is 5. The quantitative estimate of drug-likeness (QED) is 0.00179. The monoisotopic (exact) mass is 1670 g/mol. The Balaban J connectivity index is 0.727. The summed E-state index contributed by atoms with van der Waals surface area (Å²) >= 11 is 0. The third-order valence-electron chi connectivity index (χ3n) is 16.6. The zero-order valence-electron chi connectivity index (χ0n) is 59.5. The van der Waals surface area contributed by atoms with Crippen LogP contribution in [0.5, 0.6) is 17.2 Å². The molecule has 2 amide bonds. The predicted molar refractivity (Wildman–Crippen MR) is 402 cm³/mol. The Morgan fingerprint density at radius 1 is 0.892 bits per heavy atom. The molecule has 0 spiro atoms. The number of amides is 2. The number of carboxylic acid groups (broad SMARTS) is 1. The van der Waals surface area contributed by atoms with E-state index in [9.17, 15) is 79.2 Å². The molecule has 0 bridgehead atoms. The van der Waals surface area contributed by atoms with E-state index >= 15 is 0 Å². The van der Waals surface area contributed by atoms with E-state index in [0.29, 0.717) is 27.6 Å². The van der Waals surface area contributed by atoms with Gasteiger partial charge >= 0.3 is 29.4 Å². The molecule has 38 nitrogen and oxygen atoms in total. The number of carboxylic acids is 1. The van der Waals surface area contributed by atoms with Gasteiger partial charge in [0.2, 0.25) is 5.91 Å². The number of benzene rings is 4. The first-order chi connectivity index (χ1) is 52.0. The van der Waals surface area contributed by atoms with E-state index in [2.05, 4.69) is 56.4 Å². The number of nitrogens with zero attached hydrogens (tertiary/aromatic N) is 7. The lowest BCUT2D eigenvalue weighted by Crippen LogP contribution is -2.33. The lowest BCUT2D eigenvalue weighted by molar-refractivity contribution is -0.126. The van der Waals surface area contributed by atoms with Crippen LogP contribution in [0.15, 0.2) is 102 Å². The zero-order valence-corrected chi connectivity index (χ0v) is 65.5. The topological polar surface area (TPSA) is 566 Å². The molecule has 4 aromatic carbocycles. The number of hydrogen-bond donors (Lipinski definition) is 11. The van der Waals surface area contributed by atoms with Crippen molar-refractivity contribution in [3.63, 3.8) is 0 Å². The van der Waals surface area contributed by atoms with Crippen LogP contribution in [0.3, 0.4) is 0 Å². The van der Waals surface area contributed by atoms with Gasteiger partial charge in [-0.05, 0) is 112 Å². The number of carbonyl (C=O) groups excluding carboxylic acids is 3.